The van der Waals surface area contributed by atoms with Crippen molar-refractivity contribution < 1.29 is 9.59 Å². The van der Waals surface area contributed by atoms with Gasteiger partial charge in [0.1, 0.15) is 12.1 Å². The molecule has 0 amide bonds. The monoisotopic (exact) mass is 361 g/mol. The number of benzene rings is 1. The molecule has 0 saturated heterocycles. The molecule has 3 aromatic rings. The summed E-state index contributed by atoms with van der Waals surface area (Å²) in [5.41, 5.74) is 2.99. The summed E-state index contributed by atoms with van der Waals surface area (Å²) in [6.07, 6.45) is 10.4. The van der Waals surface area contributed by atoms with Crippen molar-refractivity contribution >= 4 is 22.8 Å². The molecular formula is C22H23N3O2. The van der Waals surface area contributed by atoms with E-state index in [0.29, 0.717) is 6.42 Å². The molecular weight excluding hydrogens is 338 g/mol. The van der Waals surface area contributed by atoms with Crippen LogP contribution >= 0.6 is 0 Å². The maximum Gasteiger partial charge on any atom is 0.141 e. The maximum absolute atomic E-state index is 12.7. The molecule has 2 aromatic heterocycles. The van der Waals surface area contributed by atoms with Gasteiger partial charge in [0, 0.05) is 54.3 Å². The predicted molar refractivity (Wildman–Crippen MR) is 104 cm³/mol. The molecule has 1 aliphatic carbocycles. The number of ketones is 1. The van der Waals surface area contributed by atoms with Crippen LogP contribution in [-0.4, -0.2) is 26.8 Å². The van der Waals surface area contributed by atoms with Gasteiger partial charge in [-0.25, -0.2) is 0 Å². The number of hydrogen-bond donors (Lipinski definition) is 0. The minimum absolute atomic E-state index is 0.0698. The van der Waals surface area contributed by atoms with Crippen LogP contribution in [0.5, 0.6) is 0 Å². The standard InChI is InChI=1S/C22H23N3O2/c1-25-13-20(12-24-25)17-6-7-18-11-23-21(9-19(18)8-17)10-22(27)16-4-2-15(14-26)3-5-16/h6-9,11-16H,2-5,10H2,1H3. The number of nitrogens with zero attached hydrogens (tertiary/aromatic N) is 3. The second-order valence-electron chi connectivity index (χ2n) is 7.53. The molecule has 0 radical (unpaired) electrons. The fraction of sp³-hybridized carbons (Fsp3) is 0.364. The van der Waals surface area contributed by atoms with E-state index in [0.717, 1.165) is 59.6 Å². The van der Waals surface area contributed by atoms with Gasteiger partial charge >= 0.3 is 0 Å². The van der Waals surface area contributed by atoms with Crippen molar-refractivity contribution in [3.63, 3.8) is 0 Å². The summed E-state index contributed by atoms with van der Waals surface area (Å²) >= 11 is 0. The number of fused-ring (bicyclic) bond motifs is 1. The number of pyridine rings is 1. The third-order valence-electron chi connectivity index (χ3n) is 5.59. The van der Waals surface area contributed by atoms with Crippen LogP contribution in [0.4, 0.5) is 0 Å². The molecule has 0 N–H and O–H groups in total. The molecule has 5 heteroatoms. The number of hydrogen-bond acceptors (Lipinski definition) is 4. The summed E-state index contributed by atoms with van der Waals surface area (Å²) in [7, 11) is 1.90. The highest BCUT2D eigenvalue weighted by Crippen LogP contribution is 2.29. The largest absolute Gasteiger partial charge is 0.303 e. The third-order valence-corrected chi connectivity index (χ3v) is 5.59. The van der Waals surface area contributed by atoms with Gasteiger partial charge in [-0.2, -0.15) is 5.10 Å². The number of carbonyl (C=O) groups excluding carboxylic acids is 2. The first-order valence-corrected chi connectivity index (χ1v) is 9.48. The van der Waals surface area contributed by atoms with Gasteiger partial charge in [0.2, 0.25) is 0 Å². The number of aromatic nitrogens is 3. The molecule has 0 atom stereocenters. The van der Waals surface area contributed by atoms with Crippen LogP contribution in [0.25, 0.3) is 21.9 Å². The van der Waals surface area contributed by atoms with Crippen molar-refractivity contribution in [1.82, 2.24) is 14.8 Å². The van der Waals surface area contributed by atoms with Gasteiger partial charge in [0.15, 0.2) is 0 Å². The summed E-state index contributed by atoms with van der Waals surface area (Å²) in [6.45, 7) is 0. The highest BCUT2D eigenvalue weighted by molar-refractivity contribution is 5.88. The van der Waals surface area contributed by atoms with Crippen LogP contribution in [0, 0.1) is 11.8 Å². The van der Waals surface area contributed by atoms with E-state index in [2.05, 4.69) is 28.3 Å². The summed E-state index contributed by atoms with van der Waals surface area (Å²) in [5.74, 6) is 0.453. The van der Waals surface area contributed by atoms with Crippen LogP contribution in [0.2, 0.25) is 0 Å². The van der Waals surface area contributed by atoms with Gasteiger partial charge in [0.25, 0.3) is 0 Å². The molecule has 0 bridgehead atoms. The summed E-state index contributed by atoms with van der Waals surface area (Å²) < 4.78 is 1.79. The molecule has 0 unspecified atom stereocenters. The quantitative estimate of drug-likeness (QED) is 0.649. The first-order chi connectivity index (χ1) is 13.1. The molecule has 1 aliphatic rings. The van der Waals surface area contributed by atoms with Gasteiger partial charge in [-0.1, -0.05) is 12.1 Å². The number of aldehydes is 1. The lowest BCUT2D eigenvalue weighted by Crippen LogP contribution is -2.24. The minimum atomic E-state index is 0.0698. The average molecular weight is 361 g/mol. The van der Waals surface area contributed by atoms with E-state index in [-0.39, 0.29) is 17.6 Å². The van der Waals surface area contributed by atoms with Gasteiger partial charge in [-0.3, -0.25) is 14.5 Å². The first-order valence-electron chi connectivity index (χ1n) is 9.48. The summed E-state index contributed by atoms with van der Waals surface area (Å²) in [6, 6.07) is 8.26. The highest BCUT2D eigenvalue weighted by atomic mass is 16.1. The van der Waals surface area contributed by atoms with Crippen molar-refractivity contribution in [1.29, 1.82) is 0 Å². The second-order valence-corrected chi connectivity index (χ2v) is 7.53. The number of rotatable bonds is 5. The number of Topliss-reactive ketones (excluding diaryl/α,β-unsaturated/α-hetero) is 1. The van der Waals surface area contributed by atoms with E-state index in [1.807, 2.05) is 31.7 Å². The minimum Gasteiger partial charge on any atom is -0.303 e. The van der Waals surface area contributed by atoms with Crippen LogP contribution in [0.3, 0.4) is 0 Å². The van der Waals surface area contributed by atoms with Crippen LogP contribution < -0.4 is 0 Å². The average Bonchev–Trinajstić information content (AvgIpc) is 3.14. The normalized spacial score (nSPS) is 19.9. The third kappa shape index (κ3) is 3.82. The Balaban J connectivity index is 1.52. The smallest absolute Gasteiger partial charge is 0.141 e. The molecule has 0 spiro atoms. The fourth-order valence-electron chi connectivity index (χ4n) is 3.93. The first kappa shape index (κ1) is 17.6. The Morgan fingerprint density at radius 1 is 1.11 bits per heavy atom. The van der Waals surface area contributed by atoms with Crippen molar-refractivity contribution in [2.45, 2.75) is 32.1 Å². The van der Waals surface area contributed by atoms with Gasteiger partial charge < -0.3 is 4.79 Å². The van der Waals surface area contributed by atoms with Crippen molar-refractivity contribution in [2.24, 2.45) is 18.9 Å². The lowest BCUT2D eigenvalue weighted by atomic mass is 9.80. The lowest BCUT2D eigenvalue weighted by Gasteiger charge is -2.24. The Morgan fingerprint density at radius 3 is 2.63 bits per heavy atom. The SMILES string of the molecule is Cn1cc(-c2ccc3cnc(CC(=O)C4CCC(C=O)CC4)cc3c2)cn1. The van der Waals surface area contributed by atoms with Gasteiger partial charge in [0.05, 0.1) is 6.20 Å². The van der Waals surface area contributed by atoms with Gasteiger partial charge in [-0.05, 0) is 48.8 Å². The zero-order valence-corrected chi connectivity index (χ0v) is 15.5. The van der Waals surface area contributed by atoms with Crippen molar-refractivity contribution in [2.75, 3.05) is 0 Å². The Bertz CT molecular complexity index is 984. The molecule has 2 heterocycles. The van der Waals surface area contributed by atoms with Gasteiger partial charge in [-0.15, -0.1) is 0 Å². The lowest BCUT2D eigenvalue weighted by molar-refractivity contribution is -0.124. The van der Waals surface area contributed by atoms with E-state index in [1.165, 1.54) is 0 Å². The van der Waals surface area contributed by atoms with E-state index >= 15 is 0 Å². The Kier molecular flexibility index (Phi) is 4.84. The highest BCUT2D eigenvalue weighted by Gasteiger charge is 2.26. The summed E-state index contributed by atoms with van der Waals surface area (Å²) in [5, 5.41) is 6.37. The molecule has 0 aliphatic heterocycles. The van der Waals surface area contributed by atoms with E-state index < -0.39 is 0 Å². The molecule has 1 fully saturated rings. The number of carbonyl (C=O) groups is 2. The second kappa shape index (κ2) is 7.43. The Hall–Kier alpha value is -2.82. The Labute approximate surface area is 158 Å². The van der Waals surface area contributed by atoms with Crippen molar-refractivity contribution in [3.8, 4) is 11.1 Å². The molecule has 5 nitrogen and oxygen atoms in total. The predicted octanol–water partition coefficient (Wildman–Crippen LogP) is 3.75. The zero-order chi connectivity index (χ0) is 18.8. The van der Waals surface area contributed by atoms with E-state index in [4.69, 9.17) is 0 Å². The van der Waals surface area contributed by atoms with Crippen LogP contribution in [0.15, 0.2) is 42.9 Å². The molecule has 138 valence electrons. The summed E-state index contributed by atoms with van der Waals surface area (Å²) in [4.78, 5) is 28.0. The number of aryl methyl sites for hydroxylation is 1. The van der Waals surface area contributed by atoms with Crippen molar-refractivity contribution in [3.05, 3.63) is 48.5 Å². The maximum atomic E-state index is 12.7. The van der Waals surface area contributed by atoms with E-state index in [9.17, 15) is 9.59 Å². The Morgan fingerprint density at radius 2 is 1.93 bits per heavy atom. The molecule has 1 saturated carbocycles. The molecule has 27 heavy (non-hydrogen) atoms. The molecule has 4 rings (SSSR count). The fourth-order valence-corrected chi connectivity index (χ4v) is 3.93. The topological polar surface area (TPSA) is 64.8 Å². The zero-order valence-electron chi connectivity index (χ0n) is 15.5. The van der Waals surface area contributed by atoms with E-state index in [1.54, 1.807) is 4.68 Å². The van der Waals surface area contributed by atoms with Crippen LogP contribution in [0.1, 0.15) is 31.4 Å². The molecule has 1 aromatic carbocycles. The van der Waals surface area contributed by atoms with Crippen LogP contribution in [-0.2, 0) is 23.1 Å².